The zero-order valence-corrected chi connectivity index (χ0v) is 14.8. The maximum atomic E-state index is 12.0. The SMILES string of the molecule is CCCCOCCCNC(=O)/C(C#N)=C\Nc1c(C)cccc1C. The van der Waals surface area contributed by atoms with Gasteiger partial charge >= 0.3 is 0 Å². The second-order valence-electron chi connectivity index (χ2n) is 5.66. The van der Waals surface area contributed by atoms with Gasteiger partial charge in [0.15, 0.2) is 0 Å². The third-order valence-corrected chi connectivity index (χ3v) is 3.60. The summed E-state index contributed by atoms with van der Waals surface area (Å²) in [6.45, 7) is 7.95. The standard InChI is InChI=1S/C19H27N3O2/c1-4-5-11-24-12-7-10-21-19(23)17(13-20)14-22-18-15(2)8-6-9-16(18)3/h6,8-9,14,22H,4-5,7,10-12H2,1-3H3,(H,21,23)/b17-14-. The predicted molar refractivity (Wildman–Crippen MR) is 96.6 cm³/mol. The number of carbonyl (C=O) groups is 1. The highest BCUT2D eigenvalue weighted by Gasteiger charge is 2.08. The van der Waals surface area contributed by atoms with E-state index < -0.39 is 0 Å². The molecule has 24 heavy (non-hydrogen) atoms. The molecule has 130 valence electrons. The average molecular weight is 329 g/mol. The van der Waals surface area contributed by atoms with Crippen molar-refractivity contribution in [2.24, 2.45) is 0 Å². The molecule has 0 saturated heterocycles. The summed E-state index contributed by atoms with van der Waals surface area (Å²) >= 11 is 0. The van der Waals surface area contributed by atoms with Gasteiger partial charge in [-0.1, -0.05) is 31.5 Å². The summed E-state index contributed by atoms with van der Waals surface area (Å²) in [4.78, 5) is 12.0. The molecular weight excluding hydrogens is 302 g/mol. The minimum atomic E-state index is -0.371. The normalized spacial score (nSPS) is 11.0. The molecule has 5 heteroatoms. The molecule has 5 nitrogen and oxygen atoms in total. The molecule has 1 amide bonds. The Morgan fingerprint density at radius 1 is 1.25 bits per heavy atom. The molecule has 0 unspecified atom stereocenters. The second-order valence-corrected chi connectivity index (χ2v) is 5.66. The quantitative estimate of drug-likeness (QED) is 0.392. The van der Waals surface area contributed by atoms with Gasteiger partial charge in [-0.25, -0.2) is 0 Å². The van der Waals surface area contributed by atoms with E-state index in [0.717, 1.165) is 42.7 Å². The highest BCUT2D eigenvalue weighted by molar-refractivity contribution is 5.97. The van der Waals surface area contributed by atoms with Crippen LogP contribution in [0.15, 0.2) is 30.0 Å². The minimum absolute atomic E-state index is 0.0598. The van der Waals surface area contributed by atoms with Crippen molar-refractivity contribution >= 4 is 11.6 Å². The molecule has 2 N–H and O–H groups in total. The molecule has 0 aliphatic heterocycles. The maximum Gasteiger partial charge on any atom is 0.263 e. The number of unbranched alkanes of at least 4 members (excludes halogenated alkanes) is 1. The highest BCUT2D eigenvalue weighted by Crippen LogP contribution is 2.19. The summed E-state index contributed by atoms with van der Waals surface area (Å²) in [6.07, 6.45) is 4.36. The highest BCUT2D eigenvalue weighted by atomic mass is 16.5. The Bertz CT molecular complexity index is 583. The van der Waals surface area contributed by atoms with Crippen LogP contribution in [-0.2, 0) is 9.53 Å². The number of ether oxygens (including phenoxy) is 1. The molecule has 0 aliphatic rings. The van der Waals surface area contributed by atoms with Crippen molar-refractivity contribution in [1.29, 1.82) is 5.26 Å². The molecule has 0 aromatic heterocycles. The fourth-order valence-electron chi connectivity index (χ4n) is 2.15. The number of nitrogens with one attached hydrogen (secondary N) is 2. The molecule has 1 aromatic rings. The van der Waals surface area contributed by atoms with Crippen molar-refractivity contribution in [3.63, 3.8) is 0 Å². The first kappa shape index (κ1) is 19.7. The van der Waals surface area contributed by atoms with Crippen LogP contribution in [0.1, 0.15) is 37.3 Å². The van der Waals surface area contributed by atoms with E-state index in [1.54, 1.807) is 0 Å². The van der Waals surface area contributed by atoms with Crippen molar-refractivity contribution in [3.8, 4) is 6.07 Å². The van der Waals surface area contributed by atoms with Crippen LogP contribution in [0.4, 0.5) is 5.69 Å². The molecule has 0 atom stereocenters. The third kappa shape index (κ3) is 6.84. The van der Waals surface area contributed by atoms with Gasteiger partial charge in [-0.3, -0.25) is 4.79 Å². The van der Waals surface area contributed by atoms with Gasteiger partial charge in [-0.05, 0) is 37.8 Å². The number of hydrogen-bond acceptors (Lipinski definition) is 4. The van der Waals surface area contributed by atoms with E-state index in [9.17, 15) is 4.79 Å². The number of para-hydroxylation sites is 1. The lowest BCUT2D eigenvalue weighted by molar-refractivity contribution is -0.117. The average Bonchev–Trinajstić information content (AvgIpc) is 2.56. The number of nitriles is 1. The summed E-state index contributed by atoms with van der Waals surface area (Å²) in [5, 5.41) is 15.0. The summed E-state index contributed by atoms with van der Waals surface area (Å²) in [6, 6.07) is 7.87. The Balaban J connectivity index is 2.45. The number of rotatable bonds is 10. The molecule has 0 bridgehead atoms. The summed E-state index contributed by atoms with van der Waals surface area (Å²) in [5.74, 6) is -0.371. The van der Waals surface area contributed by atoms with E-state index in [0.29, 0.717) is 13.2 Å². The molecule has 0 saturated carbocycles. The maximum absolute atomic E-state index is 12.0. The van der Waals surface area contributed by atoms with Crippen molar-refractivity contribution in [3.05, 3.63) is 41.1 Å². The van der Waals surface area contributed by atoms with Crippen LogP contribution in [-0.4, -0.2) is 25.7 Å². The topological polar surface area (TPSA) is 74.1 Å². The monoisotopic (exact) mass is 329 g/mol. The summed E-state index contributed by atoms with van der Waals surface area (Å²) in [5.41, 5.74) is 3.10. The number of benzene rings is 1. The smallest absolute Gasteiger partial charge is 0.263 e. The predicted octanol–water partition coefficient (Wildman–Crippen LogP) is 3.45. The first-order valence-electron chi connectivity index (χ1n) is 8.39. The largest absolute Gasteiger partial charge is 0.381 e. The van der Waals surface area contributed by atoms with Crippen molar-refractivity contribution in [1.82, 2.24) is 5.32 Å². The van der Waals surface area contributed by atoms with Gasteiger partial charge in [0, 0.05) is 31.6 Å². The Morgan fingerprint density at radius 2 is 1.92 bits per heavy atom. The molecular formula is C19H27N3O2. The van der Waals surface area contributed by atoms with Crippen LogP contribution in [0, 0.1) is 25.2 Å². The van der Waals surface area contributed by atoms with E-state index in [1.165, 1.54) is 6.20 Å². The van der Waals surface area contributed by atoms with Crippen molar-refractivity contribution in [2.45, 2.75) is 40.0 Å². The van der Waals surface area contributed by atoms with Gasteiger partial charge in [0.25, 0.3) is 5.91 Å². The molecule has 0 radical (unpaired) electrons. The van der Waals surface area contributed by atoms with E-state index in [1.807, 2.05) is 38.1 Å². The second kappa shape index (κ2) is 11.3. The Labute approximate surface area is 144 Å². The van der Waals surface area contributed by atoms with Crippen LogP contribution >= 0.6 is 0 Å². The van der Waals surface area contributed by atoms with E-state index in [-0.39, 0.29) is 11.5 Å². The van der Waals surface area contributed by atoms with Gasteiger partial charge in [0.2, 0.25) is 0 Å². The van der Waals surface area contributed by atoms with Crippen LogP contribution in [0.3, 0.4) is 0 Å². The molecule has 0 fully saturated rings. The Morgan fingerprint density at radius 3 is 2.54 bits per heavy atom. The Kier molecular flexibility index (Phi) is 9.25. The fraction of sp³-hybridized carbons (Fsp3) is 0.474. The molecule has 0 heterocycles. The number of carbonyl (C=O) groups excluding carboxylic acids is 1. The van der Waals surface area contributed by atoms with Crippen LogP contribution in [0.5, 0.6) is 0 Å². The molecule has 0 aliphatic carbocycles. The lowest BCUT2D eigenvalue weighted by Gasteiger charge is -2.10. The first-order chi connectivity index (χ1) is 11.6. The fourth-order valence-corrected chi connectivity index (χ4v) is 2.15. The van der Waals surface area contributed by atoms with Crippen molar-refractivity contribution < 1.29 is 9.53 Å². The molecule has 0 spiro atoms. The zero-order valence-electron chi connectivity index (χ0n) is 14.8. The lowest BCUT2D eigenvalue weighted by Crippen LogP contribution is -2.26. The van der Waals surface area contributed by atoms with Gasteiger partial charge in [0.1, 0.15) is 11.6 Å². The van der Waals surface area contributed by atoms with Gasteiger partial charge in [-0.15, -0.1) is 0 Å². The van der Waals surface area contributed by atoms with E-state index in [2.05, 4.69) is 17.6 Å². The van der Waals surface area contributed by atoms with E-state index >= 15 is 0 Å². The van der Waals surface area contributed by atoms with Crippen LogP contribution < -0.4 is 10.6 Å². The molecule has 1 rings (SSSR count). The zero-order chi connectivity index (χ0) is 17.8. The van der Waals surface area contributed by atoms with Gasteiger partial charge in [-0.2, -0.15) is 5.26 Å². The van der Waals surface area contributed by atoms with Gasteiger partial charge in [0.05, 0.1) is 0 Å². The summed E-state index contributed by atoms with van der Waals surface area (Å²) in [7, 11) is 0. The van der Waals surface area contributed by atoms with Crippen molar-refractivity contribution in [2.75, 3.05) is 25.1 Å². The van der Waals surface area contributed by atoms with Gasteiger partial charge < -0.3 is 15.4 Å². The number of aryl methyl sites for hydroxylation is 2. The minimum Gasteiger partial charge on any atom is -0.381 e. The molecule has 1 aromatic carbocycles. The van der Waals surface area contributed by atoms with E-state index in [4.69, 9.17) is 10.00 Å². The number of amides is 1. The number of hydrogen-bond donors (Lipinski definition) is 2. The number of nitrogens with zero attached hydrogens (tertiary/aromatic N) is 1. The first-order valence-corrected chi connectivity index (χ1v) is 8.39. The summed E-state index contributed by atoms with van der Waals surface area (Å²) < 4.78 is 5.43. The van der Waals surface area contributed by atoms with Crippen LogP contribution in [0.25, 0.3) is 0 Å². The van der Waals surface area contributed by atoms with Crippen LogP contribution in [0.2, 0.25) is 0 Å². The Hall–Kier alpha value is -2.32. The number of anilines is 1. The lowest BCUT2D eigenvalue weighted by atomic mass is 10.1. The third-order valence-electron chi connectivity index (χ3n) is 3.60.